The van der Waals surface area contributed by atoms with E-state index in [-0.39, 0.29) is 17.7 Å². The molecule has 1 heterocycles. The van der Waals surface area contributed by atoms with Gasteiger partial charge in [-0.05, 0) is 12.1 Å². The summed E-state index contributed by atoms with van der Waals surface area (Å²) in [7, 11) is 0. The van der Waals surface area contributed by atoms with Crippen molar-refractivity contribution in [1.29, 1.82) is 0 Å². The number of hydrogen-bond donors (Lipinski definition) is 0. The molecular formula is C12H7NO4. The second-order valence-corrected chi connectivity index (χ2v) is 3.25. The van der Waals surface area contributed by atoms with Crippen LogP contribution >= 0.6 is 0 Å². The summed E-state index contributed by atoms with van der Waals surface area (Å²) in [6.07, 6.45) is 3.87. The Hall–Kier alpha value is -2.61. The minimum absolute atomic E-state index is 0.190. The summed E-state index contributed by atoms with van der Waals surface area (Å²) in [5.74, 6) is 0.706. The van der Waals surface area contributed by atoms with Gasteiger partial charge in [-0.1, -0.05) is 18.1 Å². The molecule has 3 amide bonds. The number of nitrogens with zero attached hydrogens (tertiary/aromatic N) is 1. The van der Waals surface area contributed by atoms with Gasteiger partial charge in [0.25, 0.3) is 11.8 Å². The van der Waals surface area contributed by atoms with Crippen molar-refractivity contribution in [1.82, 2.24) is 4.90 Å². The smallest absolute Gasteiger partial charge is 0.425 e. The molecule has 2 rings (SSSR count). The number of carbonyl (C=O) groups is 3. The van der Waals surface area contributed by atoms with Crippen LogP contribution < -0.4 is 0 Å². The first-order valence-corrected chi connectivity index (χ1v) is 4.75. The van der Waals surface area contributed by atoms with Crippen molar-refractivity contribution in [3.8, 4) is 12.3 Å². The van der Waals surface area contributed by atoms with Gasteiger partial charge in [-0.25, -0.2) is 4.79 Å². The largest absolute Gasteiger partial charge is 0.436 e. The first kappa shape index (κ1) is 10.9. The number of hydrogen-bond acceptors (Lipinski definition) is 4. The van der Waals surface area contributed by atoms with Crippen LogP contribution in [0.1, 0.15) is 20.7 Å². The topological polar surface area (TPSA) is 63.7 Å². The third-order valence-corrected chi connectivity index (χ3v) is 2.26. The predicted molar refractivity (Wildman–Crippen MR) is 57.1 cm³/mol. The molecule has 0 saturated heterocycles. The van der Waals surface area contributed by atoms with Crippen LogP contribution in [0.15, 0.2) is 24.3 Å². The van der Waals surface area contributed by atoms with Gasteiger partial charge < -0.3 is 4.74 Å². The maximum Gasteiger partial charge on any atom is 0.425 e. The number of amides is 3. The van der Waals surface area contributed by atoms with Crippen molar-refractivity contribution in [3.05, 3.63) is 35.4 Å². The van der Waals surface area contributed by atoms with Gasteiger partial charge in [0, 0.05) is 0 Å². The van der Waals surface area contributed by atoms with Gasteiger partial charge >= 0.3 is 6.09 Å². The van der Waals surface area contributed by atoms with Crippen LogP contribution in [0.25, 0.3) is 0 Å². The normalized spacial score (nSPS) is 13.2. The molecule has 0 atom stereocenters. The molecule has 17 heavy (non-hydrogen) atoms. The molecule has 1 aliphatic rings. The number of rotatable bonds is 1. The summed E-state index contributed by atoms with van der Waals surface area (Å²) >= 11 is 0. The molecule has 0 saturated carbocycles. The molecule has 0 N–H and O–H groups in total. The lowest BCUT2D eigenvalue weighted by atomic mass is 10.1. The highest BCUT2D eigenvalue weighted by molar-refractivity contribution is 6.28. The molecular weight excluding hydrogens is 222 g/mol. The first-order valence-electron chi connectivity index (χ1n) is 4.75. The summed E-state index contributed by atoms with van der Waals surface area (Å²) in [6, 6.07) is 6.18. The Kier molecular flexibility index (Phi) is 2.63. The van der Waals surface area contributed by atoms with Gasteiger partial charge in [-0.2, -0.15) is 4.90 Å². The maximum atomic E-state index is 11.8. The summed E-state index contributed by atoms with van der Waals surface area (Å²) in [6.45, 7) is -0.285. The Morgan fingerprint density at radius 1 is 1.24 bits per heavy atom. The standard InChI is InChI=1S/C12H7NO4/c1-2-7-17-12(16)13-10(14)8-5-3-4-6-9(8)11(13)15/h1,3-6H,7H2. The number of fused-ring (bicyclic) bond motifs is 1. The van der Waals surface area contributed by atoms with Crippen LogP contribution in [0.5, 0.6) is 0 Å². The van der Waals surface area contributed by atoms with Gasteiger partial charge in [-0.3, -0.25) is 9.59 Å². The third kappa shape index (κ3) is 1.66. The Balaban J connectivity index is 2.31. The molecule has 1 aliphatic heterocycles. The van der Waals surface area contributed by atoms with E-state index in [1.54, 1.807) is 12.1 Å². The van der Waals surface area contributed by atoms with E-state index >= 15 is 0 Å². The van der Waals surface area contributed by atoms with Crippen LogP contribution in [-0.2, 0) is 4.74 Å². The number of carbonyl (C=O) groups excluding carboxylic acids is 3. The van der Waals surface area contributed by atoms with Crippen molar-refractivity contribution in [3.63, 3.8) is 0 Å². The van der Waals surface area contributed by atoms with E-state index in [1.807, 2.05) is 0 Å². The van der Waals surface area contributed by atoms with Crippen LogP contribution in [0.2, 0.25) is 0 Å². The molecule has 0 radical (unpaired) electrons. The fourth-order valence-electron chi connectivity index (χ4n) is 1.52. The molecule has 5 nitrogen and oxygen atoms in total. The van der Waals surface area contributed by atoms with Crippen LogP contribution in [0.4, 0.5) is 4.79 Å². The van der Waals surface area contributed by atoms with E-state index in [0.29, 0.717) is 4.90 Å². The summed E-state index contributed by atoms with van der Waals surface area (Å²) < 4.78 is 4.56. The SMILES string of the molecule is C#CCOC(=O)N1C(=O)c2ccccc2C1=O. The molecule has 1 aromatic carbocycles. The lowest BCUT2D eigenvalue weighted by Gasteiger charge is -2.10. The van der Waals surface area contributed by atoms with Gasteiger partial charge in [0.05, 0.1) is 11.1 Å². The van der Waals surface area contributed by atoms with E-state index in [4.69, 9.17) is 6.42 Å². The van der Waals surface area contributed by atoms with Crippen molar-refractivity contribution < 1.29 is 19.1 Å². The van der Waals surface area contributed by atoms with Crippen molar-refractivity contribution in [2.75, 3.05) is 6.61 Å². The molecule has 0 spiro atoms. The second kappa shape index (κ2) is 4.10. The lowest BCUT2D eigenvalue weighted by molar-refractivity contribution is 0.0607. The zero-order chi connectivity index (χ0) is 12.4. The Morgan fingerprint density at radius 3 is 2.24 bits per heavy atom. The number of benzene rings is 1. The van der Waals surface area contributed by atoms with Crippen LogP contribution in [0, 0.1) is 12.3 Å². The van der Waals surface area contributed by atoms with E-state index in [0.717, 1.165) is 0 Å². The monoisotopic (exact) mass is 229 g/mol. The molecule has 0 aliphatic carbocycles. The highest BCUT2D eigenvalue weighted by Gasteiger charge is 2.40. The van der Waals surface area contributed by atoms with Gasteiger partial charge in [0.1, 0.15) is 0 Å². The number of imide groups is 3. The predicted octanol–water partition coefficient (Wildman–Crippen LogP) is 1.05. The molecule has 0 aromatic heterocycles. The molecule has 0 bridgehead atoms. The maximum absolute atomic E-state index is 11.8. The summed E-state index contributed by atoms with van der Waals surface area (Å²) in [5.41, 5.74) is 0.380. The summed E-state index contributed by atoms with van der Waals surface area (Å²) in [4.78, 5) is 35.4. The minimum atomic E-state index is -1.05. The number of ether oxygens (including phenoxy) is 1. The molecule has 0 unspecified atom stereocenters. The van der Waals surface area contributed by atoms with E-state index in [2.05, 4.69) is 10.7 Å². The second-order valence-electron chi connectivity index (χ2n) is 3.25. The van der Waals surface area contributed by atoms with Gasteiger partial charge in [-0.15, -0.1) is 6.42 Å². The first-order chi connectivity index (χ1) is 8.16. The highest BCUT2D eigenvalue weighted by atomic mass is 16.6. The fraction of sp³-hybridized carbons (Fsp3) is 0.0833. The van der Waals surface area contributed by atoms with E-state index in [1.165, 1.54) is 12.1 Å². The van der Waals surface area contributed by atoms with Crippen molar-refractivity contribution in [2.24, 2.45) is 0 Å². The third-order valence-electron chi connectivity index (χ3n) is 2.26. The Bertz CT molecular complexity index is 521. The average Bonchev–Trinajstić information content (AvgIpc) is 2.60. The zero-order valence-electron chi connectivity index (χ0n) is 8.67. The van der Waals surface area contributed by atoms with Crippen LogP contribution in [0.3, 0.4) is 0 Å². The zero-order valence-corrected chi connectivity index (χ0v) is 8.67. The molecule has 0 fully saturated rings. The van der Waals surface area contributed by atoms with Crippen LogP contribution in [-0.4, -0.2) is 29.4 Å². The van der Waals surface area contributed by atoms with Crippen molar-refractivity contribution >= 4 is 17.9 Å². The fourth-order valence-corrected chi connectivity index (χ4v) is 1.52. The van der Waals surface area contributed by atoms with E-state index in [9.17, 15) is 14.4 Å². The van der Waals surface area contributed by atoms with Gasteiger partial charge in [0.15, 0.2) is 6.61 Å². The van der Waals surface area contributed by atoms with E-state index < -0.39 is 17.9 Å². The van der Waals surface area contributed by atoms with Crippen molar-refractivity contribution in [2.45, 2.75) is 0 Å². The molecule has 84 valence electrons. The lowest BCUT2D eigenvalue weighted by Crippen LogP contribution is -2.36. The number of terminal acetylenes is 1. The quantitative estimate of drug-likeness (QED) is 0.533. The Labute approximate surface area is 97.0 Å². The average molecular weight is 229 g/mol. The molecule has 1 aromatic rings. The summed E-state index contributed by atoms with van der Waals surface area (Å²) in [5, 5.41) is 0. The highest BCUT2D eigenvalue weighted by Crippen LogP contribution is 2.22. The minimum Gasteiger partial charge on any atom is -0.436 e. The van der Waals surface area contributed by atoms with Gasteiger partial charge in [0.2, 0.25) is 0 Å². The molecule has 5 heteroatoms. The Morgan fingerprint density at radius 2 is 1.76 bits per heavy atom.